The number of cyclic esters (lactones) is 1. The lowest BCUT2D eigenvalue weighted by Crippen LogP contribution is -2.61. The predicted molar refractivity (Wildman–Crippen MR) is 233 cm³/mol. The van der Waals surface area contributed by atoms with E-state index in [-0.39, 0.29) is 66.5 Å². The maximum Gasteiger partial charge on any atom is 0.325 e. The number of methoxy groups -OCH3 is 1. The number of amides is 2. The van der Waals surface area contributed by atoms with Gasteiger partial charge < -0.3 is 29.2 Å². The van der Waals surface area contributed by atoms with Gasteiger partial charge in [0.05, 0.1) is 46.7 Å². The molecule has 4 aromatic rings. The van der Waals surface area contributed by atoms with Crippen molar-refractivity contribution in [1.29, 1.82) is 0 Å². The number of likely N-dealkylation sites (N-methyl/N-ethyl adjacent to an activating group) is 1. The Morgan fingerprint density at radius 2 is 1.90 bits per heavy atom. The van der Waals surface area contributed by atoms with Crippen LogP contribution in [0.1, 0.15) is 70.3 Å². The minimum absolute atomic E-state index is 0.103. The Labute approximate surface area is 357 Å². The molecule has 8 atom stereocenters. The van der Waals surface area contributed by atoms with E-state index in [1.54, 1.807) is 12.1 Å². The molecule has 2 saturated carbocycles. The first-order valence-corrected chi connectivity index (χ1v) is 22.7. The fourth-order valence-electron chi connectivity index (χ4n) is 9.94. The lowest BCUT2D eigenvalue weighted by Gasteiger charge is -2.35. The van der Waals surface area contributed by atoms with E-state index in [0.717, 1.165) is 94.5 Å². The van der Waals surface area contributed by atoms with Crippen LogP contribution in [-0.4, -0.2) is 108 Å². The number of aromatic nitrogens is 3. The quantitative estimate of drug-likeness (QED) is 0.223. The molecule has 320 valence electrons. The third-order valence-corrected chi connectivity index (χ3v) is 15.0. The molecule has 5 aliphatic rings. The normalized spacial score (nSPS) is 28.5. The Morgan fingerprint density at radius 3 is 2.62 bits per heavy atom. The number of ether oxygens (including phenoxy) is 2. The maximum absolute atomic E-state index is 14.4. The molecule has 2 N–H and O–H groups in total. The number of carbonyl (C=O) groups is 3. The van der Waals surface area contributed by atoms with E-state index in [2.05, 4.69) is 103 Å². The number of carbonyl (C=O) groups excluding carboxylic acids is 3. The third-order valence-electron chi connectivity index (χ3n) is 14.1. The van der Waals surface area contributed by atoms with Crippen LogP contribution in [0.15, 0.2) is 35.8 Å². The summed E-state index contributed by atoms with van der Waals surface area (Å²) >= 11 is 1.50. The summed E-state index contributed by atoms with van der Waals surface area (Å²) < 4.78 is 14.6. The molecule has 6 heterocycles. The van der Waals surface area contributed by atoms with Gasteiger partial charge in [0.2, 0.25) is 5.91 Å². The molecule has 2 unspecified atom stereocenters. The Morgan fingerprint density at radius 1 is 1.13 bits per heavy atom. The number of fused-ring (bicyclic) bond motifs is 8. The van der Waals surface area contributed by atoms with E-state index in [9.17, 15) is 14.4 Å². The van der Waals surface area contributed by atoms with Crippen molar-refractivity contribution in [3.63, 3.8) is 0 Å². The van der Waals surface area contributed by atoms with E-state index in [4.69, 9.17) is 19.4 Å². The van der Waals surface area contributed by atoms with Crippen LogP contribution in [0.5, 0.6) is 0 Å². The largest absolute Gasteiger partial charge is 0.464 e. The van der Waals surface area contributed by atoms with Crippen LogP contribution >= 0.6 is 11.3 Å². The van der Waals surface area contributed by atoms with E-state index >= 15 is 0 Å². The van der Waals surface area contributed by atoms with Gasteiger partial charge in [-0.05, 0) is 81.2 Å². The average molecular weight is 837 g/mol. The van der Waals surface area contributed by atoms with E-state index in [1.807, 2.05) is 6.20 Å². The molecule has 1 aromatic carbocycles. The molecule has 13 nitrogen and oxygen atoms in total. The smallest absolute Gasteiger partial charge is 0.325 e. The van der Waals surface area contributed by atoms with E-state index < -0.39 is 17.5 Å². The molecular weight excluding hydrogens is 777 g/mol. The van der Waals surface area contributed by atoms with Crippen LogP contribution in [0.3, 0.4) is 0 Å². The molecule has 6 bridgehead atoms. The first-order valence-electron chi connectivity index (χ1n) is 21.9. The van der Waals surface area contributed by atoms with Gasteiger partial charge in [-0.25, -0.2) is 10.4 Å². The van der Waals surface area contributed by atoms with Gasteiger partial charge in [0, 0.05) is 91.5 Å². The number of hydrogen-bond acceptors (Lipinski definition) is 11. The Kier molecular flexibility index (Phi) is 10.8. The van der Waals surface area contributed by atoms with Gasteiger partial charge in [-0.3, -0.25) is 24.4 Å². The number of pyridine rings is 1. The fourth-order valence-corrected chi connectivity index (χ4v) is 10.8. The number of aryl methyl sites for hydroxylation is 1. The molecule has 60 heavy (non-hydrogen) atoms. The van der Waals surface area contributed by atoms with Crippen molar-refractivity contribution in [2.24, 2.45) is 35.0 Å². The van der Waals surface area contributed by atoms with Crippen LogP contribution < -0.4 is 15.6 Å². The second kappa shape index (κ2) is 15.8. The summed E-state index contributed by atoms with van der Waals surface area (Å²) in [6.45, 7) is 17.9. The number of anilines is 1. The highest BCUT2D eigenvalue weighted by Gasteiger charge is 2.54. The lowest BCUT2D eigenvalue weighted by atomic mass is 9.84. The molecule has 14 heteroatoms. The Hall–Kier alpha value is -4.37. The van der Waals surface area contributed by atoms with Crippen LogP contribution in [0.4, 0.5) is 5.69 Å². The minimum Gasteiger partial charge on any atom is -0.464 e. The van der Waals surface area contributed by atoms with Gasteiger partial charge in [-0.2, -0.15) is 0 Å². The van der Waals surface area contributed by atoms with Crippen molar-refractivity contribution in [1.82, 2.24) is 35.2 Å². The number of esters is 1. The number of nitrogens with one attached hydrogen (secondary N) is 2. The first kappa shape index (κ1) is 41.0. The van der Waals surface area contributed by atoms with Crippen molar-refractivity contribution in [3.8, 4) is 22.5 Å². The molecular formula is C46H60N8O5S. The van der Waals surface area contributed by atoms with Crippen LogP contribution in [0.25, 0.3) is 33.4 Å². The zero-order valence-electron chi connectivity index (χ0n) is 36.3. The number of thiazole rings is 1. The molecule has 0 spiro atoms. The molecule has 0 radical (unpaired) electrons. The standard InChI is InChI=1S/C46H60N8O5S/c1-9-53-37-11-10-28-16-32(37)34(42(53)33-18-30(21-47-40(33)27(4)58-8)52-14-12-51(7)13-15-52)20-46(5,6)24-59-45(57)41-31-17-29(31)22-54(50-41)44(56)35(19-38-48-36(28)23-60-38)49-43(55)39-25(2)26(39)3/h10-11,16,18,21,23,25-27,29,31,35,39,41,50H,9,12-15,17,19-20,22,24H2,1-8H3,(H,49,55)/t25-,26+,27-,29?,31-,35-,39?,41-/m0/s1. The fraction of sp³-hybridized carbons (Fsp3) is 0.587. The topological polar surface area (TPSA) is 134 Å². The summed E-state index contributed by atoms with van der Waals surface area (Å²) in [4.78, 5) is 57.0. The number of benzene rings is 1. The second-order valence-corrected chi connectivity index (χ2v) is 19.8. The second-order valence-electron chi connectivity index (χ2n) is 18.9. The van der Waals surface area contributed by atoms with Crippen molar-refractivity contribution >= 4 is 45.7 Å². The molecule has 3 aromatic heterocycles. The highest BCUT2D eigenvalue weighted by atomic mass is 32.1. The van der Waals surface area contributed by atoms with E-state index in [0.29, 0.717) is 13.0 Å². The first-order chi connectivity index (χ1) is 28.7. The van der Waals surface area contributed by atoms with Gasteiger partial charge in [0.25, 0.3) is 5.91 Å². The van der Waals surface area contributed by atoms with Crippen LogP contribution in [0, 0.1) is 35.0 Å². The number of nitrogens with zero attached hydrogens (tertiary/aromatic N) is 6. The number of rotatable bonds is 7. The summed E-state index contributed by atoms with van der Waals surface area (Å²) in [6, 6.07) is 7.40. The average Bonchev–Trinajstić information content (AvgIpc) is 4.04. The maximum atomic E-state index is 14.4. The highest BCUT2D eigenvalue weighted by molar-refractivity contribution is 7.10. The van der Waals surface area contributed by atoms with Gasteiger partial charge in [0.15, 0.2) is 0 Å². The van der Waals surface area contributed by atoms with Crippen molar-refractivity contribution in [2.45, 2.75) is 85.5 Å². The molecule has 2 aliphatic carbocycles. The Balaban J connectivity index is 1.17. The lowest BCUT2D eigenvalue weighted by molar-refractivity contribution is -0.156. The minimum atomic E-state index is -0.831. The van der Waals surface area contributed by atoms with Crippen molar-refractivity contribution in [2.75, 3.05) is 58.4 Å². The molecule has 9 rings (SSSR count). The van der Waals surface area contributed by atoms with Crippen molar-refractivity contribution < 1.29 is 23.9 Å². The highest BCUT2D eigenvalue weighted by Crippen LogP contribution is 2.47. The van der Waals surface area contributed by atoms with E-state index in [1.165, 1.54) is 11.3 Å². The van der Waals surface area contributed by atoms with Gasteiger partial charge in [0.1, 0.15) is 12.1 Å². The van der Waals surface area contributed by atoms with Crippen molar-refractivity contribution in [3.05, 3.63) is 52.1 Å². The summed E-state index contributed by atoms with van der Waals surface area (Å²) in [5.74, 6) is 0.0173. The summed E-state index contributed by atoms with van der Waals surface area (Å²) in [7, 11) is 3.90. The number of hydrogen-bond donors (Lipinski definition) is 2. The number of hydrazine groups is 1. The summed E-state index contributed by atoms with van der Waals surface area (Å²) in [5.41, 5.74) is 11.0. The van der Waals surface area contributed by atoms with Gasteiger partial charge >= 0.3 is 5.97 Å². The predicted octanol–water partition coefficient (Wildman–Crippen LogP) is 5.71. The van der Waals surface area contributed by atoms with Gasteiger partial charge in [-0.15, -0.1) is 11.3 Å². The van der Waals surface area contributed by atoms with Crippen LogP contribution in [0.2, 0.25) is 0 Å². The summed E-state index contributed by atoms with van der Waals surface area (Å²) in [6.07, 6.45) is 3.46. The zero-order valence-corrected chi connectivity index (χ0v) is 37.1. The number of piperazine rings is 1. The van der Waals surface area contributed by atoms with Gasteiger partial charge in [-0.1, -0.05) is 33.8 Å². The Bertz CT molecular complexity index is 2310. The third kappa shape index (κ3) is 7.62. The zero-order chi connectivity index (χ0) is 42.2. The molecule has 4 fully saturated rings. The molecule has 3 aliphatic heterocycles. The molecule has 2 saturated heterocycles. The monoisotopic (exact) mass is 836 g/mol. The molecule has 2 amide bonds. The van der Waals surface area contributed by atoms with Crippen LogP contribution in [-0.2, 0) is 43.2 Å². The SMILES string of the molecule is CCn1c(-c2cc(N3CCN(C)CC3)cnc2[C@H](C)OC)c2c3cc(ccc31)-c1csc(n1)C[C@H](NC(=O)C1[C@@H](C)[C@H]1C)C(=O)N1CC3C[C@@H]3[C@H](N1)C(=O)OCC(C)(C)C2. The summed E-state index contributed by atoms with van der Waals surface area (Å²) in [5, 5.41) is 8.61.